The molecule has 4 nitrogen and oxygen atoms in total. The molecule has 21 heavy (non-hydrogen) atoms. The largest absolute Gasteiger partial charge is 0.441 e. The first kappa shape index (κ1) is 18.1. The van der Waals surface area contributed by atoms with Crippen LogP contribution < -0.4 is 5.32 Å². The molecular weight excluding hydrogens is 305 g/mol. The van der Waals surface area contributed by atoms with Crippen molar-refractivity contribution < 1.29 is 22.8 Å². The van der Waals surface area contributed by atoms with Gasteiger partial charge < -0.3 is 10.2 Å². The number of nitrogens with zero attached hydrogens (tertiary/aromatic N) is 1. The third-order valence-corrected chi connectivity index (χ3v) is 4.02. The van der Waals surface area contributed by atoms with Crippen LogP contribution in [0.4, 0.5) is 13.2 Å². The van der Waals surface area contributed by atoms with Gasteiger partial charge in [-0.05, 0) is 24.1 Å². The van der Waals surface area contributed by atoms with Crippen molar-refractivity contribution in [3.05, 3.63) is 0 Å². The lowest BCUT2D eigenvalue weighted by molar-refractivity contribution is -0.151. The second-order valence-electron chi connectivity index (χ2n) is 5.36. The Hall–Kier alpha value is -0.920. The maximum Gasteiger partial charge on any atom is 0.441 e. The highest BCUT2D eigenvalue weighted by Gasteiger charge is 2.41. The predicted octanol–water partition coefficient (Wildman–Crippen LogP) is 2.39. The third-order valence-electron chi connectivity index (χ3n) is 3.31. The van der Waals surface area contributed by atoms with E-state index >= 15 is 0 Å². The Bertz CT molecular complexity index is 388. The van der Waals surface area contributed by atoms with Gasteiger partial charge in [0.25, 0.3) is 0 Å². The van der Waals surface area contributed by atoms with Crippen molar-refractivity contribution in [2.75, 3.05) is 12.3 Å². The Morgan fingerprint density at radius 2 is 1.95 bits per heavy atom. The highest BCUT2D eigenvalue weighted by Crippen LogP contribution is 2.30. The summed E-state index contributed by atoms with van der Waals surface area (Å²) in [6, 6.07) is -1.31. The molecule has 2 amide bonds. The number of amides is 2. The van der Waals surface area contributed by atoms with E-state index in [1.165, 1.54) is 4.90 Å². The number of alkyl halides is 3. The molecule has 122 valence electrons. The second-order valence-corrected chi connectivity index (χ2v) is 6.52. The van der Waals surface area contributed by atoms with Gasteiger partial charge in [0.05, 0.1) is 0 Å². The van der Waals surface area contributed by atoms with Crippen molar-refractivity contribution in [2.45, 2.75) is 51.2 Å². The summed E-state index contributed by atoms with van der Waals surface area (Å²) in [4.78, 5) is 25.8. The van der Waals surface area contributed by atoms with Crippen molar-refractivity contribution in [1.29, 1.82) is 0 Å². The Balaban J connectivity index is 2.80. The number of hydrogen-bond donors (Lipinski definition) is 1. The molecule has 2 unspecified atom stereocenters. The average molecular weight is 326 g/mol. The Morgan fingerprint density at radius 1 is 1.33 bits per heavy atom. The summed E-state index contributed by atoms with van der Waals surface area (Å²) < 4.78 is 36.7. The SMILES string of the molecule is CCCC1NC(=O)C(C(C)C)N(CCSC(F)(F)F)C1=O. The Morgan fingerprint density at radius 3 is 2.43 bits per heavy atom. The first-order valence-electron chi connectivity index (χ1n) is 6.99. The van der Waals surface area contributed by atoms with Crippen LogP contribution >= 0.6 is 11.8 Å². The predicted molar refractivity (Wildman–Crippen MR) is 75.7 cm³/mol. The fourth-order valence-corrected chi connectivity index (χ4v) is 2.97. The van der Waals surface area contributed by atoms with Gasteiger partial charge in [-0.2, -0.15) is 13.2 Å². The van der Waals surface area contributed by atoms with E-state index in [1.807, 2.05) is 6.92 Å². The minimum Gasteiger partial charge on any atom is -0.342 e. The van der Waals surface area contributed by atoms with Crippen LogP contribution in [0.5, 0.6) is 0 Å². The van der Waals surface area contributed by atoms with E-state index < -0.39 is 17.6 Å². The Kier molecular flexibility index (Phi) is 6.37. The molecule has 0 aliphatic carbocycles. The number of nitrogens with one attached hydrogen (secondary N) is 1. The summed E-state index contributed by atoms with van der Waals surface area (Å²) in [6.45, 7) is 5.38. The fraction of sp³-hybridized carbons (Fsp3) is 0.846. The number of halogens is 3. The van der Waals surface area contributed by atoms with Crippen LogP contribution in [0, 0.1) is 5.92 Å². The van der Waals surface area contributed by atoms with E-state index in [-0.39, 0.29) is 41.8 Å². The van der Waals surface area contributed by atoms with Gasteiger partial charge in [0.15, 0.2) is 0 Å². The molecule has 0 aromatic carbocycles. The first-order chi connectivity index (χ1) is 9.67. The molecule has 1 rings (SSSR count). The third kappa shape index (κ3) is 5.09. The van der Waals surface area contributed by atoms with Gasteiger partial charge in [-0.1, -0.05) is 27.2 Å². The van der Waals surface area contributed by atoms with E-state index in [0.29, 0.717) is 12.8 Å². The van der Waals surface area contributed by atoms with E-state index in [1.54, 1.807) is 13.8 Å². The van der Waals surface area contributed by atoms with Crippen molar-refractivity contribution in [3.8, 4) is 0 Å². The molecule has 1 aliphatic heterocycles. The zero-order chi connectivity index (χ0) is 16.2. The second kappa shape index (κ2) is 7.38. The number of piperazine rings is 1. The molecule has 0 saturated carbocycles. The van der Waals surface area contributed by atoms with Gasteiger partial charge in [-0.15, -0.1) is 0 Å². The van der Waals surface area contributed by atoms with Crippen molar-refractivity contribution in [2.24, 2.45) is 5.92 Å². The molecule has 8 heteroatoms. The van der Waals surface area contributed by atoms with Gasteiger partial charge in [0.2, 0.25) is 11.8 Å². The number of hydrogen-bond acceptors (Lipinski definition) is 3. The maximum atomic E-state index is 12.4. The molecule has 1 heterocycles. The summed E-state index contributed by atoms with van der Waals surface area (Å²) in [6.07, 6.45) is 1.21. The molecule has 0 spiro atoms. The van der Waals surface area contributed by atoms with Crippen LogP contribution in [0.25, 0.3) is 0 Å². The molecule has 2 atom stereocenters. The summed E-state index contributed by atoms with van der Waals surface area (Å²) in [7, 11) is 0. The van der Waals surface area contributed by atoms with Crippen LogP contribution in [-0.2, 0) is 9.59 Å². The molecule has 0 aromatic heterocycles. The van der Waals surface area contributed by atoms with Gasteiger partial charge in [0.1, 0.15) is 12.1 Å². The van der Waals surface area contributed by atoms with Crippen LogP contribution in [0.2, 0.25) is 0 Å². The van der Waals surface area contributed by atoms with E-state index in [2.05, 4.69) is 5.32 Å². The monoisotopic (exact) mass is 326 g/mol. The fourth-order valence-electron chi connectivity index (χ4n) is 2.45. The van der Waals surface area contributed by atoms with Gasteiger partial charge in [-0.3, -0.25) is 9.59 Å². The zero-order valence-electron chi connectivity index (χ0n) is 12.4. The zero-order valence-corrected chi connectivity index (χ0v) is 13.2. The summed E-state index contributed by atoms with van der Waals surface area (Å²) >= 11 is -0.167. The quantitative estimate of drug-likeness (QED) is 0.815. The normalized spacial score (nSPS) is 23.7. The van der Waals surface area contributed by atoms with Crippen molar-refractivity contribution >= 4 is 23.6 Å². The molecular formula is C13H21F3N2O2S. The smallest absolute Gasteiger partial charge is 0.342 e. The number of carbonyl (C=O) groups is 2. The minimum atomic E-state index is -4.32. The standard InChI is InChI=1S/C13H21F3N2O2S/c1-4-5-9-12(20)18(6-7-21-13(14,15)16)10(8(2)3)11(19)17-9/h8-10H,4-7H2,1-3H3,(H,17,19). The van der Waals surface area contributed by atoms with Gasteiger partial charge in [-0.25, -0.2) is 0 Å². The van der Waals surface area contributed by atoms with Crippen LogP contribution in [0.3, 0.4) is 0 Å². The minimum absolute atomic E-state index is 0.0699. The van der Waals surface area contributed by atoms with Crippen LogP contribution in [0.15, 0.2) is 0 Å². The van der Waals surface area contributed by atoms with Gasteiger partial charge >= 0.3 is 5.51 Å². The lowest BCUT2D eigenvalue weighted by Gasteiger charge is -2.40. The van der Waals surface area contributed by atoms with E-state index in [9.17, 15) is 22.8 Å². The van der Waals surface area contributed by atoms with E-state index in [4.69, 9.17) is 0 Å². The first-order valence-corrected chi connectivity index (χ1v) is 7.97. The number of rotatable bonds is 6. The highest BCUT2D eigenvalue weighted by atomic mass is 32.2. The van der Waals surface area contributed by atoms with Crippen molar-refractivity contribution in [3.63, 3.8) is 0 Å². The number of thioether (sulfide) groups is 1. The summed E-state index contributed by atoms with van der Waals surface area (Å²) in [5.41, 5.74) is -4.32. The number of carbonyl (C=O) groups excluding carboxylic acids is 2. The molecule has 0 aromatic rings. The molecule has 1 saturated heterocycles. The Labute approximate surface area is 126 Å². The molecule has 0 bridgehead atoms. The lowest BCUT2D eigenvalue weighted by atomic mass is 9.96. The highest BCUT2D eigenvalue weighted by molar-refractivity contribution is 8.00. The van der Waals surface area contributed by atoms with E-state index in [0.717, 1.165) is 0 Å². The topological polar surface area (TPSA) is 49.4 Å². The van der Waals surface area contributed by atoms with Crippen LogP contribution in [0.1, 0.15) is 33.6 Å². The van der Waals surface area contributed by atoms with Crippen molar-refractivity contribution in [1.82, 2.24) is 10.2 Å². The lowest BCUT2D eigenvalue weighted by Crippen LogP contribution is -2.65. The van der Waals surface area contributed by atoms with Crippen LogP contribution in [-0.4, -0.2) is 46.6 Å². The average Bonchev–Trinajstić information content (AvgIpc) is 2.33. The van der Waals surface area contributed by atoms with Gasteiger partial charge in [0, 0.05) is 12.3 Å². The molecule has 1 fully saturated rings. The maximum absolute atomic E-state index is 12.4. The molecule has 0 radical (unpaired) electrons. The molecule has 1 aliphatic rings. The summed E-state index contributed by atoms with van der Waals surface area (Å²) in [5, 5.41) is 2.68. The summed E-state index contributed by atoms with van der Waals surface area (Å²) in [5.74, 6) is -0.963. The molecule has 1 N–H and O–H groups in total.